The zero-order valence-corrected chi connectivity index (χ0v) is 32.8. The number of aromatic amines is 1. The number of aromatic nitrogens is 1. The van der Waals surface area contributed by atoms with Crippen molar-refractivity contribution < 1.29 is 32.2 Å². The molecule has 1 spiro atoms. The van der Waals surface area contributed by atoms with E-state index in [-0.39, 0.29) is 48.8 Å². The van der Waals surface area contributed by atoms with E-state index in [1.807, 2.05) is 33.8 Å². The maximum atomic E-state index is 15.0. The monoisotopic (exact) mass is 725 g/mol. The lowest BCUT2D eigenvalue weighted by molar-refractivity contribution is -0.314. The van der Waals surface area contributed by atoms with Gasteiger partial charge in [0.1, 0.15) is 6.10 Å². The Morgan fingerprint density at radius 2 is 1.78 bits per heavy atom. The Labute approximate surface area is 304 Å². The number of sulfonamides is 1. The van der Waals surface area contributed by atoms with Crippen LogP contribution in [-0.4, -0.2) is 84.8 Å². The van der Waals surface area contributed by atoms with E-state index < -0.39 is 50.0 Å². The van der Waals surface area contributed by atoms with Crippen molar-refractivity contribution in [3.05, 3.63) is 35.5 Å². The number of para-hydroxylation sites is 1. The van der Waals surface area contributed by atoms with Crippen LogP contribution in [-0.2, 0) is 46.0 Å². The van der Waals surface area contributed by atoms with Crippen LogP contribution in [0, 0.1) is 27.6 Å². The number of esters is 2. The molecular weight excluding hydrogens is 667 g/mol. The predicted molar refractivity (Wildman–Crippen MR) is 196 cm³/mol. The van der Waals surface area contributed by atoms with Crippen molar-refractivity contribution in [3.8, 4) is 0 Å². The number of rotatable bonds is 10. The third-order valence-electron chi connectivity index (χ3n) is 14.3. The van der Waals surface area contributed by atoms with Crippen molar-refractivity contribution in [2.24, 2.45) is 27.6 Å². The first-order valence-corrected chi connectivity index (χ1v) is 21.1. The van der Waals surface area contributed by atoms with Crippen LogP contribution < -0.4 is 0 Å². The Hall–Kier alpha value is -2.47. The third kappa shape index (κ3) is 5.06. The fraction of sp³-hybridized carbons (Fsp3) is 0.750. The molecule has 2 aliphatic carbocycles. The summed E-state index contributed by atoms with van der Waals surface area (Å²) in [6.07, 6.45) is 4.98. The van der Waals surface area contributed by atoms with Gasteiger partial charge in [0.15, 0.2) is 11.1 Å². The van der Waals surface area contributed by atoms with Gasteiger partial charge in [-0.2, -0.15) is 4.31 Å². The predicted octanol–water partition coefficient (Wildman–Crippen LogP) is 6.53. The maximum Gasteiger partial charge on any atom is 0.326 e. The van der Waals surface area contributed by atoms with E-state index in [0.717, 1.165) is 50.0 Å². The van der Waals surface area contributed by atoms with Gasteiger partial charge in [0, 0.05) is 46.9 Å². The number of fused-ring (bicyclic) bond motifs is 5. The smallest absolute Gasteiger partial charge is 0.326 e. The van der Waals surface area contributed by atoms with Crippen molar-refractivity contribution in [2.45, 2.75) is 131 Å². The molecule has 0 radical (unpaired) electrons. The lowest BCUT2D eigenvalue weighted by Gasteiger charge is -2.64. The van der Waals surface area contributed by atoms with Gasteiger partial charge in [-0.1, -0.05) is 39.0 Å². The van der Waals surface area contributed by atoms with Gasteiger partial charge in [-0.15, -0.1) is 0 Å². The van der Waals surface area contributed by atoms with Crippen molar-refractivity contribution >= 4 is 32.9 Å². The molecule has 4 fully saturated rings. The number of benzene rings is 1. The van der Waals surface area contributed by atoms with Crippen LogP contribution in [0.3, 0.4) is 0 Å². The Morgan fingerprint density at radius 3 is 2.45 bits per heavy atom. The minimum atomic E-state index is -3.72. The van der Waals surface area contributed by atoms with Gasteiger partial charge in [-0.3, -0.25) is 14.5 Å². The van der Waals surface area contributed by atoms with E-state index in [1.54, 1.807) is 11.2 Å². The van der Waals surface area contributed by atoms with Crippen LogP contribution in [0.1, 0.15) is 112 Å². The molecule has 7 rings (SSSR count). The summed E-state index contributed by atoms with van der Waals surface area (Å²) in [5.41, 5.74) is -0.910. The molecule has 51 heavy (non-hydrogen) atoms. The van der Waals surface area contributed by atoms with Gasteiger partial charge in [0.25, 0.3) is 0 Å². The second-order valence-corrected chi connectivity index (χ2v) is 19.3. The average Bonchev–Trinajstić information content (AvgIpc) is 3.63. The summed E-state index contributed by atoms with van der Waals surface area (Å²) in [6.45, 7) is 17.5. The van der Waals surface area contributed by atoms with Gasteiger partial charge in [-0.25, -0.2) is 8.42 Å². The largest absolute Gasteiger partial charge is 0.465 e. The van der Waals surface area contributed by atoms with E-state index >= 15 is 4.79 Å². The lowest BCUT2D eigenvalue weighted by atomic mass is 9.56. The Kier molecular flexibility index (Phi) is 9.08. The number of nitrogens with zero attached hydrogens (tertiary/aromatic N) is 2. The normalized spacial score (nSPS) is 34.5. The zero-order chi connectivity index (χ0) is 36.8. The van der Waals surface area contributed by atoms with Crippen molar-refractivity contribution in [1.29, 1.82) is 0 Å². The molecule has 2 saturated carbocycles. The van der Waals surface area contributed by atoms with E-state index in [4.69, 9.17) is 14.2 Å². The molecule has 1 unspecified atom stereocenters. The zero-order valence-electron chi connectivity index (χ0n) is 32.0. The number of piperidine rings is 1. The molecule has 10 nitrogen and oxygen atoms in total. The number of hydrogen-bond donors (Lipinski definition) is 1. The number of nitrogens with one attached hydrogen (secondary N) is 1. The molecular formula is C40H59N3O7S. The van der Waals surface area contributed by atoms with Gasteiger partial charge < -0.3 is 19.2 Å². The van der Waals surface area contributed by atoms with Gasteiger partial charge in [-0.05, 0) is 109 Å². The fourth-order valence-electron chi connectivity index (χ4n) is 11.9. The minimum absolute atomic E-state index is 0.0964. The quantitative estimate of drug-likeness (QED) is 0.217. The molecule has 2 saturated heterocycles. The number of H-pyrrole nitrogens is 1. The summed E-state index contributed by atoms with van der Waals surface area (Å²) >= 11 is 0. The van der Waals surface area contributed by atoms with Gasteiger partial charge in [0.2, 0.25) is 10.0 Å². The van der Waals surface area contributed by atoms with Crippen LogP contribution in [0.2, 0.25) is 0 Å². The Bertz CT molecular complexity index is 1800. The van der Waals surface area contributed by atoms with Crippen molar-refractivity contribution in [2.75, 3.05) is 32.1 Å². The van der Waals surface area contributed by atoms with Crippen LogP contribution in [0.15, 0.2) is 24.3 Å². The van der Waals surface area contributed by atoms with E-state index in [2.05, 4.69) is 48.9 Å². The van der Waals surface area contributed by atoms with Crippen LogP contribution >= 0.6 is 0 Å². The molecule has 4 heterocycles. The van der Waals surface area contributed by atoms with Crippen molar-refractivity contribution in [1.82, 2.24) is 14.2 Å². The van der Waals surface area contributed by atoms with E-state index in [0.29, 0.717) is 19.3 Å². The highest BCUT2D eigenvalue weighted by Crippen LogP contribution is 2.68. The van der Waals surface area contributed by atoms with Crippen molar-refractivity contribution in [3.63, 3.8) is 0 Å². The number of carbonyl (C=O) groups is 2. The molecule has 0 amide bonds. The highest BCUT2D eigenvalue weighted by Gasteiger charge is 2.72. The molecule has 6 atom stereocenters. The first-order valence-electron chi connectivity index (χ1n) is 19.4. The minimum Gasteiger partial charge on any atom is -0.465 e. The molecule has 3 aliphatic heterocycles. The van der Waals surface area contributed by atoms with Gasteiger partial charge in [0.05, 0.1) is 24.7 Å². The molecule has 282 valence electrons. The van der Waals surface area contributed by atoms with E-state index in [9.17, 15) is 13.2 Å². The summed E-state index contributed by atoms with van der Waals surface area (Å²) in [7, 11) is -3.72. The summed E-state index contributed by atoms with van der Waals surface area (Å²) in [5.74, 6) is -1.14. The summed E-state index contributed by atoms with van der Waals surface area (Å²) < 4.78 is 49.7. The number of carbonyl (C=O) groups excluding carboxylic acids is 2. The maximum absolute atomic E-state index is 15.0. The third-order valence-corrected chi connectivity index (χ3v) is 16.7. The Morgan fingerprint density at radius 1 is 1.06 bits per heavy atom. The SMILES string of the molecule is CCOC(=O)C1(C(=O)O[C@@H]2C[C@H]3CC[C@]2(CS(=O)(=O)N(C(C)C)C(C)C)C3(C)C)CO[C@@]23c4[nH]c5ccccc5c4CCN2CCC[C@@]3(CC)C1. The first-order chi connectivity index (χ1) is 24.1. The van der Waals surface area contributed by atoms with Gasteiger partial charge >= 0.3 is 11.9 Å². The second kappa shape index (κ2) is 12.6. The molecule has 2 aromatic rings. The number of ether oxygens (including phenoxy) is 3. The molecule has 11 heteroatoms. The number of hydrogen-bond acceptors (Lipinski definition) is 8. The standard InChI is InChI=1S/C40H59N3O7S/c1-9-37-18-13-20-42-21-17-30-29-14-11-12-15-31(29)41-33(30)40(37,42)49-24-38(23-37,34(44)48-10-2)35(45)50-32-22-28-16-19-39(32,36(28,7)8)25-51(46,47)43(26(3)4)27(5)6/h11-12,14-15,26-28,32,41H,9-10,13,16-25H2,1-8H3/t28-,32-,37+,38?,39-,40-/m1/s1. The van der Waals surface area contributed by atoms with Crippen LogP contribution in [0.25, 0.3) is 10.9 Å². The second-order valence-electron chi connectivity index (χ2n) is 17.4. The Balaban J connectivity index is 1.28. The van der Waals surface area contributed by atoms with Crippen LogP contribution in [0.5, 0.6) is 0 Å². The summed E-state index contributed by atoms with van der Waals surface area (Å²) in [6, 6.07) is 7.95. The molecule has 1 aromatic heterocycles. The molecule has 1 aromatic carbocycles. The first kappa shape index (κ1) is 36.9. The molecule has 5 aliphatic rings. The molecule has 2 bridgehead atoms. The van der Waals surface area contributed by atoms with Crippen LogP contribution in [0.4, 0.5) is 0 Å². The highest BCUT2D eigenvalue weighted by molar-refractivity contribution is 7.89. The average molecular weight is 726 g/mol. The summed E-state index contributed by atoms with van der Waals surface area (Å²) in [5, 5.41) is 1.19. The van der Waals surface area contributed by atoms with E-state index in [1.165, 1.54) is 10.9 Å². The molecule has 1 N–H and O–H groups in total. The summed E-state index contributed by atoms with van der Waals surface area (Å²) in [4.78, 5) is 35.5. The highest BCUT2D eigenvalue weighted by atomic mass is 32.2. The lowest BCUT2D eigenvalue weighted by Crippen LogP contribution is -2.71. The fourth-order valence-corrected chi connectivity index (χ4v) is 14.7. The topological polar surface area (TPSA) is 118 Å².